The molecule has 0 aromatic heterocycles. The van der Waals surface area contributed by atoms with Crippen molar-refractivity contribution in [1.29, 1.82) is 0 Å². The van der Waals surface area contributed by atoms with Crippen LogP contribution in [0.5, 0.6) is 0 Å². The molecule has 14 heavy (non-hydrogen) atoms. The van der Waals surface area contributed by atoms with Crippen LogP contribution in [0.15, 0.2) is 35.5 Å². The highest BCUT2D eigenvalue weighted by atomic mass is 16.4. The van der Waals surface area contributed by atoms with Crippen molar-refractivity contribution in [2.75, 3.05) is 0 Å². The highest BCUT2D eigenvalue weighted by Crippen LogP contribution is 2.62. The predicted octanol–water partition coefficient (Wildman–Crippen LogP) is 2.15. The van der Waals surface area contributed by atoms with Gasteiger partial charge in [0, 0.05) is 5.92 Å². The Labute approximate surface area is 82.6 Å². The Morgan fingerprint density at radius 1 is 1.50 bits per heavy atom. The van der Waals surface area contributed by atoms with Crippen LogP contribution in [0, 0.1) is 17.8 Å². The standard InChI is InChI=1S/C12H12O2/c13-12(14)11-9-6-7-4-2-1-3-5-8(7)10(9)11/h1-2,4-5,9-11H,3,6H2,(H,13,14). The Morgan fingerprint density at radius 2 is 2.36 bits per heavy atom. The Balaban J connectivity index is 1.92. The molecule has 3 atom stereocenters. The van der Waals surface area contributed by atoms with E-state index in [0.717, 1.165) is 12.8 Å². The van der Waals surface area contributed by atoms with Crippen molar-refractivity contribution in [2.45, 2.75) is 12.8 Å². The van der Waals surface area contributed by atoms with Gasteiger partial charge < -0.3 is 5.11 Å². The maximum absolute atomic E-state index is 10.9. The molecule has 0 aromatic carbocycles. The third-order valence-corrected chi connectivity index (χ3v) is 3.55. The van der Waals surface area contributed by atoms with E-state index < -0.39 is 5.97 Å². The second kappa shape index (κ2) is 2.59. The van der Waals surface area contributed by atoms with E-state index in [1.54, 1.807) is 0 Å². The van der Waals surface area contributed by atoms with Gasteiger partial charge in [0.25, 0.3) is 0 Å². The van der Waals surface area contributed by atoms with Crippen molar-refractivity contribution < 1.29 is 9.90 Å². The van der Waals surface area contributed by atoms with E-state index in [2.05, 4.69) is 24.3 Å². The predicted molar refractivity (Wildman–Crippen MR) is 52.6 cm³/mol. The molecule has 72 valence electrons. The summed E-state index contributed by atoms with van der Waals surface area (Å²) in [6, 6.07) is 0. The number of aliphatic carboxylic acids is 1. The number of carbonyl (C=O) groups is 1. The molecule has 0 heterocycles. The van der Waals surface area contributed by atoms with E-state index in [4.69, 9.17) is 5.11 Å². The van der Waals surface area contributed by atoms with Crippen molar-refractivity contribution in [3.05, 3.63) is 35.5 Å². The molecule has 0 bridgehead atoms. The van der Waals surface area contributed by atoms with Gasteiger partial charge in [-0.05, 0) is 29.9 Å². The number of carboxylic acid groups (broad SMARTS) is 1. The molecule has 0 saturated heterocycles. The molecule has 0 aliphatic heterocycles. The molecule has 2 heteroatoms. The van der Waals surface area contributed by atoms with Crippen LogP contribution >= 0.6 is 0 Å². The van der Waals surface area contributed by atoms with Crippen molar-refractivity contribution in [3.8, 4) is 0 Å². The van der Waals surface area contributed by atoms with Crippen molar-refractivity contribution >= 4 is 5.97 Å². The van der Waals surface area contributed by atoms with E-state index in [-0.39, 0.29) is 5.92 Å². The molecule has 0 spiro atoms. The summed E-state index contributed by atoms with van der Waals surface area (Å²) >= 11 is 0. The summed E-state index contributed by atoms with van der Waals surface area (Å²) in [4.78, 5) is 10.9. The fourth-order valence-electron chi connectivity index (χ4n) is 2.86. The summed E-state index contributed by atoms with van der Waals surface area (Å²) in [7, 11) is 0. The highest BCUT2D eigenvalue weighted by molar-refractivity contribution is 5.77. The average Bonchev–Trinajstić information content (AvgIpc) is 2.81. The first-order chi connectivity index (χ1) is 6.79. The lowest BCUT2D eigenvalue weighted by Gasteiger charge is -2.05. The minimum atomic E-state index is -0.614. The third-order valence-electron chi connectivity index (χ3n) is 3.55. The zero-order valence-corrected chi connectivity index (χ0v) is 7.81. The van der Waals surface area contributed by atoms with Crippen LogP contribution in [0.3, 0.4) is 0 Å². The summed E-state index contributed by atoms with van der Waals surface area (Å²) in [5.41, 5.74) is 2.68. The Hall–Kier alpha value is -1.31. The molecule has 2 saturated carbocycles. The smallest absolute Gasteiger partial charge is 0.307 e. The lowest BCUT2D eigenvalue weighted by atomic mass is 10.0. The van der Waals surface area contributed by atoms with Gasteiger partial charge in [0.05, 0.1) is 5.92 Å². The molecule has 0 radical (unpaired) electrons. The summed E-state index contributed by atoms with van der Waals surface area (Å²) < 4.78 is 0. The normalized spacial score (nSPS) is 37.9. The van der Waals surface area contributed by atoms with E-state index in [1.807, 2.05) is 0 Å². The number of hydrogen-bond acceptors (Lipinski definition) is 1. The quantitative estimate of drug-likeness (QED) is 0.684. The fourth-order valence-corrected chi connectivity index (χ4v) is 2.86. The molecular weight excluding hydrogens is 176 g/mol. The Kier molecular flexibility index (Phi) is 1.49. The molecular formula is C12H12O2. The third kappa shape index (κ3) is 0.939. The maximum atomic E-state index is 10.9. The summed E-state index contributed by atoms with van der Waals surface area (Å²) in [5, 5.41) is 8.96. The van der Waals surface area contributed by atoms with Gasteiger partial charge in [-0.15, -0.1) is 0 Å². The summed E-state index contributed by atoms with van der Waals surface area (Å²) in [6.45, 7) is 0. The number of fused-ring (bicyclic) bond motifs is 3. The molecule has 0 amide bonds. The Morgan fingerprint density at radius 3 is 3.14 bits per heavy atom. The van der Waals surface area contributed by atoms with Gasteiger partial charge in [0.2, 0.25) is 0 Å². The van der Waals surface area contributed by atoms with Crippen LogP contribution in [0.25, 0.3) is 0 Å². The fraction of sp³-hybridized carbons (Fsp3) is 0.417. The first-order valence-corrected chi connectivity index (χ1v) is 5.08. The van der Waals surface area contributed by atoms with Crippen LogP contribution < -0.4 is 0 Å². The lowest BCUT2D eigenvalue weighted by Crippen LogP contribution is -2.05. The Bertz CT molecular complexity index is 387. The van der Waals surface area contributed by atoms with Gasteiger partial charge in [-0.25, -0.2) is 0 Å². The summed E-state index contributed by atoms with van der Waals surface area (Å²) in [6.07, 6.45) is 10.5. The SMILES string of the molecule is O=C(O)C1C2CC3=CC=CCC=C3C21. The average molecular weight is 188 g/mol. The van der Waals surface area contributed by atoms with Crippen molar-refractivity contribution in [3.63, 3.8) is 0 Å². The molecule has 3 aliphatic carbocycles. The van der Waals surface area contributed by atoms with Crippen molar-refractivity contribution in [2.24, 2.45) is 17.8 Å². The first kappa shape index (κ1) is 8.04. The molecule has 3 unspecified atom stereocenters. The van der Waals surface area contributed by atoms with Gasteiger partial charge in [0.15, 0.2) is 0 Å². The van der Waals surface area contributed by atoms with E-state index in [0.29, 0.717) is 11.8 Å². The lowest BCUT2D eigenvalue weighted by molar-refractivity contribution is -0.139. The minimum absolute atomic E-state index is 0.0866. The molecule has 0 aromatic rings. The van der Waals surface area contributed by atoms with Gasteiger partial charge in [0.1, 0.15) is 0 Å². The second-order valence-corrected chi connectivity index (χ2v) is 4.27. The van der Waals surface area contributed by atoms with Gasteiger partial charge >= 0.3 is 5.97 Å². The van der Waals surface area contributed by atoms with Crippen LogP contribution in [-0.4, -0.2) is 11.1 Å². The zero-order valence-electron chi connectivity index (χ0n) is 7.81. The first-order valence-electron chi connectivity index (χ1n) is 5.08. The van der Waals surface area contributed by atoms with Crippen LogP contribution in [0.4, 0.5) is 0 Å². The van der Waals surface area contributed by atoms with Crippen LogP contribution in [-0.2, 0) is 4.79 Å². The number of allylic oxidation sites excluding steroid dienone is 6. The molecule has 3 aliphatic rings. The minimum Gasteiger partial charge on any atom is -0.481 e. The van der Waals surface area contributed by atoms with Crippen molar-refractivity contribution in [1.82, 2.24) is 0 Å². The monoisotopic (exact) mass is 188 g/mol. The maximum Gasteiger partial charge on any atom is 0.307 e. The molecule has 2 nitrogen and oxygen atoms in total. The van der Waals surface area contributed by atoms with Crippen LogP contribution in [0.2, 0.25) is 0 Å². The largest absolute Gasteiger partial charge is 0.481 e. The molecule has 3 rings (SSSR count). The van der Waals surface area contributed by atoms with Gasteiger partial charge in [-0.2, -0.15) is 0 Å². The van der Waals surface area contributed by atoms with E-state index in [1.165, 1.54) is 11.1 Å². The summed E-state index contributed by atoms with van der Waals surface area (Å²) in [5.74, 6) is 0.0313. The number of carboxylic acids is 1. The second-order valence-electron chi connectivity index (χ2n) is 4.27. The molecule has 1 N–H and O–H groups in total. The highest BCUT2D eigenvalue weighted by Gasteiger charge is 2.60. The zero-order chi connectivity index (χ0) is 9.71. The van der Waals surface area contributed by atoms with Crippen LogP contribution in [0.1, 0.15) is 12.8 Å². The molecule has 2 fully saturated rings. The van der Waals surface area contributed by atoms with E-state index in [9.17, 15) is 4.79 Å². The number of hydrogen-bond donors (Lipinski definition) is 1. The van der Waals surface area contributed by atoms with Gasteiger partial charge in [-0.1, -0.05) is 24.3 Å². The van der Waals surface area contributed by atoms with Gasteiger partial charge in [-0.3, -0.25) is 4.79 Å². The number of rotatable bonds is 1. The van der Waals surface area contributed by atoms with E-state index >= 15 is 0 Å². The topological polar surface area (TPSA) is 37.3 Å².